The summed E-state index contributed by atoms with van der Waals surface area (Å²) < 4.78 is 2.16. The van der Waals surface area contributed by atoms with Crippen molar-refractivity contribution in [2.75, 3.05) is 38.1 Å². The second-order valence-electron chi connectivity index (χ2n) is 8.83. The largest absolute Gasteiger partial charge is 0.397 e. The lowest BCUT2D eigenvalue weighted by atomic mass is 9.92. The van der Waals surface area contributed by atoms with Crippen LogP contribution in [0, 0.1) is 55.4 Å². The van der Waals surface area contributed by atoms with Crippen LogP contribution in [-0.4, -0.2) is 49.0 Å². The second kappa shape index (κ2) is 8.22. The van der Waals surface area contributed by atoms with Crippen LogP contribution in [-0.2, 0) is 0 Å². The van der Waals surface area contributed by atoms with Gasteiger partial charge in [0.1, 0.15) is 6.34 Å². The van der Waals surface area contributed by atoms with Gasteiger partial charge in [-0.1, -0.05) is 35.7 Å². The zero-order valence-electron chi connectivity index (χ0n) is 19.8. The van der Waals surface area contributed by atoms with Gasteiger partial charge in [-0.3, -0.25) is 0 Å². The normalized spacial score (nSPS) is 15.3. The van der Waals surface area contributed by atoms with Crippen molar-refractivity contribution < 1.29 is 4.58 Å². The summed E-state index contributed by atoms with van der Waals surface area (Å²) in [5.41, 5.74) is 13.9. The van der Waals surface area contributed by atoms with Crippen LogP contribution in [0.3, 0.4) is 0 Å². The molecule has 0 aliphatic carbocycles. The van der Waals surface area contributed by atoms with Crippen LogP contribution < -0.4 is 4.90 Å². The van der Waals surface area contributed by atoms with Crippen molar-refractivity contribution in [3.63, 3.8) is 0 Å². The predicted molar refractivity (Wildman–Crippen MR) is 125 cm³/mol. The Hall–Kier alpha value is -2.29. The van der Waals surface area contributed by atoms with Gasteiger partial charge in [0.25, 0.3) is 0 Å². The molecular weight excluding hydrogens is 354 g/mol. The van der Waals surface area contributed by atoms with E-state index in [-0.39, 0.29) is 0 Å². The lowest BCUT2D eigenvalue weighted by Crippen LogP contribution is -2.47. The third-order valence-corrected chi connectivity index (χ3v) is 7.02. The summed E-state index contributed by atoms with van der Waals surface area (Å²) in [5.74, 6) is 0. The summed E-state index contributed by atoms with van der Waals surface area (Å²) >= 11 is 0. The molecule has 0 spiro atoms. The van der Waals surface area contributed by atoms with Crippen LogP contribution in [0.2, 0.25) is 0 Å². The van der Waals surface area contributed by atoms with E-state index in [1.165, 1.54) is 55.9 Å². The highest BCUT2D eigenvalue weighted by Gasteiger charge is 2.22. The summed E-state index contributed by atoms with van der Waals surface area (Å²) in [4.78, 5) is 4.91. The maximum Gasteiger partial charge on any atom is 0.131 e. The van der Waals surface area contributed by atoms with Crippen LogP contribution in [0.15, 0.2) is 12.1 Å². The van der Waals surface area contributed by atoms with E-state index in [2.05, 4.69) is 95.3 Å². The molecule has 1 aliphatic heterocycles. The summed E-state index contributed by atoms with van der Waals surface area (Å²) in [5, 5.41) is 0. The van der Waals surface area contributed by atoms with Gasteiger partial charge in [-0.15, -0.1) is 0 Å². The van der Waals surface area contributed by atoms with E-state index in [1.807, 2.05) is 0 Å². The third kappa shape index (κ3) is 4.05. The van der Waals surface area contributed by atoms with Crippen LogP contribution in [0.5, 0.6) is 0 Å². The van der Waals surface area contributed by atoms with Crippen molar-refractivity contribution in [1.82, 2.24) is 4.90 Å². The summed E-state index contributed by atoms with van der Waals surface area (Å²) in [6, 6.07) is 4.55. The zero-order valence-corrected chi connectivity index (χ0v) is 19.8. The minimum Gasteiger partial charge on any atom is -0.397 e. The highest BCUT2D eigenvalue weighted by molar-refractivity contribution is 5.67. The molecule has 0 radical (unpaired) electrons. The van der Waals surface area contributed by atoms with Gasteiger partial charge >= 0.3 is 0 Å². The second-order valence-corrected chi connectivity index (χ2v) is 8.83. The van der Waals surface area contributed by atoms with Crippen LogP contribution >= 0.6 is 0 Å². The topological polar surface area (TPSA) is 9.49 Å². The molecule has 2 aromatic carbocycles. The number of rotatable bonds is 3. The van der Waals surface area contributed by atoms with Gasteiger partial charge < -0.3 is 14.4 Å². The Labute approximate surface area is 177 Å². The van der Waals surface area contributed by atoms with Crippen molar-refractivity contribution in [1.29, 1.82) is 0 Å². The quantitative estimate of drug-likeness (QED) is 0.310. The molecule has 1 saturated heterocycles. The van der Waals surface area contributed by atoms with Crippen molar-refractivity contribution in [2.24, 2.45) is 0 Å². The van der Waals surface area contributed by atoms with E-state index < -0.39 is 0 Å². The standard InChI is InChI=1S/C26H37N3/c1-17-14-19(3)25(15-18(17)2)27(9)16-28-10-12-29(13-11-28)26-23(7)21(5)20(4)22(6)24(26)8/h14-15H,10-13H2,1-9H3. The zero-order chi connectivity index (χ0) is 21.5. The molecule has 0 saturated carbocycles. The van der Waals surface area contributed by atoms with Crippen molar-refractivity contribution >= 4 is 17.7 Å². The molecule has 0 aromatic heterocycles. The first-order chi connectivity index (χ1) is 13.6. The van der Waals surface area contributed by atoms with E-state index in [0.717, 1.165) is 26.2 Å². The highest BCUT2D eigenvalue weighted by Crippen LogP contribution is 2.33. The first kappa shape index (κ1) is 21.4. The molecule has 1 aliphatic rings. The van der Waals surface area contributed by atoms with Crippen LogP contribution in [0.1, 0.15) is 44.5 Å². The molecule has 0 bridgehead atoms. The minimum atomic E-state index is 0.999. The maximum absolute atomic E-state index is 3.60. The summed E-state index contributed by atoms with van der Waals surface area (Å²) in [6.07, 6.45) is 3.60. The van der Waals surface area contributed by atoms with E-state index >= 15 is 0 Å². The monoisotopic (exact) mass is 391 g/mol. The third-order valence-electron chi connectivity index (χ3n) is 7.02. The van der Waals surface area contributed by atoms with Gasteiger partial charge in [-0.2, -0.15) is 0 Å². The van der Waals surface area contributed by atoms with Gasteiger partial charge in [-0.25, -0.2) is 0 Å². The van der Waals surface area contributed by atoms with Crippen molar-refractivity contribution in [3.8, 4) is 0 Å². The summed E-state index contributed by atoms with van der Waals surface area (Å²) in [7, 11) is 2.12. The van der Waals surface area contributed by atoms with Crippen molar-refractivity contribution in [3.05, 3.63) is 56.6 Å². The fraction of sp³-hybridized carbons (Fsp3) is 0.500. The Bertz CT molecular complexity index is 932. The molecule has 0 unspecified atom stereocenters. The number of hydrogen-bond acceptors (Lipinski definition) is 1. The van der Waals surface area contributed by atoms with E-state index in [9.17, 15) is 0 Å². The predicted octanol–water partition coefficient (Wildman–Crippen LogP) is 5.16. The average molecular weight is 392 g/mol. The molecule has 3 heteroatoms. The molecule has 29 heavy (non-hydrogen) atoms. The Morgan fingerprint density at radius 3 is 1.69 bits per heavy atom. The number of piperazine rings is 1. The molecule has 0 N–H and O–H groups in total. The van der Waals surface area contributed by atoms with E-state index in [1.54, 1.807) is 0 Å². The fourth-order valence-electron chi connectivity index (χ4n) is 4.56. The minimum absolute atomic E-state index is 0.999. The first-order valence-corrected chi connectivity index (χ1v) is 10.8. The number of benzene rings is 2. The molecule has 2 aromatic rings. The molecule has 0 atom stereocenters. The number of nitrogens with zero attached hydrogens (tertiary/aromatic N) is 3. The van der Waals surface area contributed by atoms with Gasteiger partial charge in [0.2, 0.25) is 0 Å². The number of anilines is 1. The molecule has 3 rings (SSSR count). The van der Waals surface area contributed by atoms with Crippen molar-refractivity contribution in [2.45, 2.75) is 55.4 Å². The van der Waals surface area contributed by atoms with E-state index in [4.69, 9.17) is 0 Å². The Morgan fingerprint density at radius 2 is 1.14 bits per heavy atom. The highest BCUT2D eigenvalue weighted by atomic mass is 15.3. The summed E-state index contributed by atoms with van der Waals surface area (Å²) in [6.45, 7) is 22.0. The SMILES string of the molecule is Cc1cc(C)c([N+](C)=[C-]N2CCN(c3c(C)c(C)c(C)c(C)c3C)CC2)cc1C. The number of aryl methyl sites for hydroxylation is 3. The van der Waals surface area contributed by atoms with Gasteiger partial charge in [0.15, 0.2) is 0 Å². The molecule has 1 heterocycles. The lowest BCUT2D eigenvalue weighted by Gasteiger charge is -2.37. The Kier molecular flexibility index (Phi) is 6.07. The average Bonchev–Trinajstić information content (AvgIpc) is 2.69. The van der Waals surface area contributed by atoms with Gasteiger partial charge in [0, 0.05) is 12.7 Å². The molecule has 1 fully saturated rings. The maximum atomic E-state index is 3.60. The lowest BCUT2D eigenvalue weighted by molar-refractivity contribution is -0.406. The number of hydrogen-bond donors (Lipinski definition) is 0. The van der Waals surface area contributed by atoms with Gasteiger partial charge in [0.05, 0.1) is 26.2 Å². The Balaban J connectivity index is 1.78. The first-order valence-electron chi connectivity index (χ1n) is 10.8. The van der Waals surface area contributed by atoms with E-state index in [0.29, 0.717) is 0 Å². The smallest absolute Gasteiger partial charge is 0.131 e. The molecule has 0 amide bonds. The van der Waals surface area contributed by atoms with Crippen LogP contribution in [0.25, 0.3) is 0 Å². The molecule has 156 valence electrons. The molecular formula is C26H37N3. The van der Waals surface area contributed by atoms with Crippen LogP contribution in [0.4, 0.5) is 11.4 Å². The molecule has 3 nitrogen and oxygen atoms in total. The fourth-order valence-corrected chi connectivity index (χ4v) is 4.56. The Morgan fingerprint density at radius 1 is 0.655 bits per heavy atom. The van der Waals surface area contributed by atoms with Gasteiger partial charge in [-0.05, 0) is 82.0 Å².